The highest BCUT2D eigenvalue weighted by Gasteiger charge is 2.56. The SMILES string of the molecule is C[C@@]1(C2CC2)NC(=O)N(C[C@@H](O)c2cc(Cl)ccc2Cl)C1=O. The number of nitrogens with one attached hydrogen (secondary N) is 1. The van der Waals surface area contributed by atoms with Crippen molar-refractivity contribution >= 4 is 35.1 Å². The second-order valence-electron chi connectivity index (χ2n) is 6.00. The van der Waals surface area contributed by atoms with Gasteiger partial charge in [0.1, 0.15) is 5.54 Å². The van der Waals surface area contributed by atoms with Gasteiger partial charge in [-0.15, -0.1) is 0 Å². The number of aliphatic hydroxyl groups is 1. The summed E-state index contributed by atoms with van der Waals surface area (Å²) in [5.74, 6) is -0.113. The lowest BCUT2D eigenvalue weighted by molar-refractivity contribution is -0.132. The first-order chi connectivity index (χ1) is 10.3. The highest BCUT2D eigenvalue weighted by molar-refractivity contribution is 6.33. The molecule has 1 aliphatic carbocycles. The lowest BCUT2D eigenvalue weighted by Gasteiger charge is -2.22. The Kier molecular flexibility index (Phi) is 3.83. The summed E-state index contributed by atoms with van der Waals surface area (Å²) in [6.07, 6.45) is 0.778. The van der Waals surface area contributed by atoms with Crippen LogP contribution in [-0.2, 0) is 4.79 Å². The Bertz CT molecular complexity index is 648. The number of imide groups is 1. The van der Waals surface area contributed by atoms with Gasteiger partial charge in [0.05, 0.1) is 12.6 Å². The molecule has 1 aromatic carbocycles. The summed E-state index contributed by atoms with van der Waals surface area (Å²) in [6.45, 7) is 1.59. The minimum atomic E-state index is -1.08. The zero-order valence-corrected chi connectivity index (χ0v) is 13.5. The third kappa shape index (κ3) is 2.57. The standard InChI is InChI=1S/C15H16Cl2N2O3/c1-15(8-2-3-8)13(21)19(14(22)18-15)7-12(20)10-6-9(16)4-5-11(10)17/h4-6,8,12,20H,2-3,7H2,1H3,(H,18,22)/t12-,15+/m1/s1. The van der Waals surface area contributed by atoms with Gasteiger partial charge >= 0.3 is 6.03 Å². The molecule has 3 rings (SSSR count). The molecule has 1 heterocycles. The fraction of sp³-hybridized carbons (Fsp3) is 0.467. The van der Waals surface area contributed by atoms with Crippen LogP contribution in [0.25, 0.3) is 0 Å². The summed E-state index contributed by atoms with van der Waals surface area (Å²) < 4.78 is 0. The Balaban J connectivity index is 1.79. The van der Waals surface area contributed by atoms with Gasteiger partial charge in [-0.3, -0.25) is 9.69 Å². The Morgan fingerprint density at radius 1 is 1.41 bits per heavy atom. The van der Waals surface area contributed by atoms with E-state index in [9.17, 15) is 14.7 Å². The topological polar surface area (TPSA) is 69.6 Å². The predicted octanol–water partition coefficient (Wildman–Crippen LogP) is 2.75. The van der Waals surface area contributed by atoms with E-state index in [4.69, 9.17) is 23.2 Å². The maximum absolute atomic E-state index is 12.5. The molecule has 0 spiro atoms. The van der Waals surface area contributed by atoms with Crippen molar-refractivity contribution in [3.05, 3.63) is 33.8 Å². The highest BCUT2D eigenvalue weighted by atomic mass is 35.5. The Morgan fingerprint density at radius 2 is 2.09 bits per heavy atom. The first kappa shape index (κ1) is 15.6. The van der Waals surface area contributed by atoms with Crippen LogP contribution in [0.3, 0.4) is 0 Å². The van der Waals surface area contributed by atoms with Crippen molar-refractivity contribution in [2.75, 3.05) is 6.54 Å². The number of amides is 3. The van der Waals surface area contributed by atoms with Crippen LogP contribution in [-0.4, -0.2) is 34.0 Å². The molecule has 0 aromatic heterocycles. The molecule has 0 bridgehead atoms. The molecule has 1 aromatic rings. The summed E-state index contributed by atoms with van der Waals surface area (Å²) in [6, 6.07) is 4.24. The molecular weight excluding hydrogens is 327 g/mol. The quantitative estimate of drug-likeness (QED) is 0.826. The van der Waals surface area contributed by atoms with Gasteiger partial charge in [-0.05, 0) is 43.9 Å². The van der Waals surface area contributed by atoms with Crippen molar-refractivity contribution in [3.8, 4) is 0 Å². The number of hydrogen-bond donors (Lipinski definition) is 2. The van der Waals surface area contributed by atoms with Crippen LogP contribution in [0.4, 0.5) is 4.79 Å². The molecule has 22 heavy (non-hydrogen) atoms. The minimum Gasteiger partial charge on any atom is -0.386 e. The molecule has 2 atom stereocenters. The van der Waals surface area contributed by atoms with Gasteiger partial charge in [-0.2, -0.15) is 0 Å². The number of rotatable bonds is 4. The van der Waals surface area contributed by atoms with Gasteiger partial charge in [0, 0.05) is 15.6 Å². The normalized spacial score (nSPS) is 26.3. The van der Waals surface area contributed by atoms with Crippen molar-refractivity contribution in [1.82, 2.24) is 10.2 Å². The number of aliphatic hydroxyl groups excluding tert-OH is 1. The van der Waals surface area contributed by atoms with E-state index in [0.29, 0.717) is 15.6 Å². The first-order valence-electron chi connectivity index (χ1n) is 7.10. The summed E-state index contributed by atoms with van der Waals surface area (Å²) in [7, 11) is 0. The zero-order chi connectivity index (χ0) is 16.1. The third-order valence-corrected chi connectivity index (χ3v) is 4.95. The van der Waals surface area contributed by atoms with Gasteiger partial charge in [0.2, 0.25) is 0 Å². The van der Waals surface area contributed by atoms with Crippen molar-refractivity contribution < 1.29 is 14.7 Å². The fourth-order valence-corrected chi connectivity index (χ4v) is 3.28. The van der Waals surface area contributed by atoms with E-state index in [-0.39, 0.29) is 18.4 Å². The van der Waals surface area contributed by atoms with E-state index < -0.39 is 17.7 Å². The monoisotopic (exact) mass is 342 g/mol. The first-order valence-corrected chi connectivity index (χ1v) is 7.85. The molecule has 2 fully saturated rings. The lowest BCUT2D eigenvalue weighted by atomic mass is 9.96. The van der Waals surface area contributed by atoms with Gasteiger partial charge in [0.15, 0.2) is 0 Å². The molecule has 2 aliphatic rings. The maximum Gasteiger partial charge on any atom is 0.325 e. The van der Waals surface area contributed by atoms with Crippen LogP contribution < -0.4 is 5.32 Å². The highest BCUT2D eigenvalue weighted by Crippen LogP contribution is 2.43. The van der Waals surface area contributed by atoms with Crippen LogP contribution in [0.5, 0.6) is 0 Å². The molecule has 0 unspecified atom stereocenters. The van der Waals surface area contributed by atoms with Crippen molar-refractivity contribution in [2.24, 2.45) is 5.92 Å². The number of carbonyl (C=O) groups excluding carboxylic acids is 2. The number of nitrogens with zero attached hydrogens (tertiary/aromatic N) is 1. The number of hydrogen-bond acceptors (Lipinski definition) is 3. The largest absolute Gasteiger partial charge is 0.386 e. The van der Waals surface area contributed by atoms with Crippen LogP contribution in [0, 0.1) is 5.92 Å². The van der Waals surface area contributed by atoms with Gasteiger partial charge < -0.3 is 10.4 Å². The Labute approximate surface area is 138 Å². The van der Waals surface area contributed by atoms with Crippen LogP contribution >= 0.6 is 23.2 Å². The van der Waals surface area contributed by atoms with Crippen molar-refractivity contribution in [1.29, 1.82) is 0 Å². The molecule has 0 radical (unpaired) electrons. The average Bonchev–Trinajstić information content (AvgIpc) is 3.28. The molecule has 2 N–H and O–H groups in total. The van der Waals surface area contributed by atoms with E-state index in [1.807, 2.05) is 0 Å². The fourth-order valence-electron chi connectivity index (χ4n) is 2.86. The molecular formula is C15H16Cl2N2O3. The van der Waals surface area contributed by atoms with E-state index in [1.165, 1.54) is 6.07 Å². The zero-order valence-electron chi connectivity index (χ0n) is 12.0. The minimum absolute atomic E-state index is 0.146. The summed E-state index contributed by atoms with van der Waals surface area (Å²) >= 11 is 11.9. The number of carbonyl (C=O) groups is 2. The lowest BCUT2D eigenvalue weighted by Crippen LogP contribution is -2.46. The summed E-state index contributed by atoms with van der Waals surface area (Å²) in [5, 5.41) is 13.8. The van der Waals surface area contributed by atoms with E-state index in [2.05, 4.69) is 5.32 Å². The number of β-amino-alcohol motifs (C(OH)–C–C–N with tert-alkyl or cyclic N) is 1. The van der Waals surface area contributed by atoms with Gasteiger partial charge in [-0.25, -0.2) is 4.79 Å². The van der Waals surface area contributed by atoms with Gasteiger partial charge in [0.25, 0.3) is 5.91 Å². The number of halogens is 2. The molecule has 1 saturated carbocycles. The van der Waals surface area contributed by atoms with E-state index >= 15 is 0 Å². The number of urea groups is 1. The molecule has 1 saturated heterocycles. The van der Waals surface area contributed by atoms with E-state index in [0.717, 1.165) is 17.7 Å². The maximum atomic E-state index is 12.5. The number of benzene rings is 1. The predicted molar refractivity (Wildman–Crippen MR) is 82.8 cm³/mol. The molecule has 7 heteroatoms. The van der Waals surface area contributed by atoms with Crippen molar-refractivity contribution in [3.63, 3.8) is 0 Å². The summed E-state index contributed by atoms with van der Waals surface area (Å²) in [5.41, 5.74) is -0.454. The molecule has 1 aliphatic heterocycles. The van der Waals surface area contributed by atoms with Crippen LogP contribution in [0.15, 0.2) is 18.2 Å². The smallest absolute Gasteiger partial charge is 0.325 e. The van der Waals surface area contributed by atoms with Crippen LogP contribution in [0.1, 0.15) is 31.4 Å². The molecule has 3 amide bonds. The Morgan fingerprint density at radius 3 is 2.73 bits per heavy atom. The molecule has 5 nitrogen and oxygen atoms in total. The van der Waals surface area contributed by atoms with E-state index in [1.54, 1.807) is 19.1 Å². The Hall–Kier alpha value is -1.30. The second-order valence-corrected chi connectivity index (χ2v) is 6.85. The average molecular weight is 343 g/mol. The third-order valence-electron chi connectivity index (χ3n) is 4.37. The summed E-state index contributed by atoms with van der Waals surface area (Å²) in [4.78, 5) is 25.6. The van der Waals surface area contributed by atoms with Crippen molar-refractivity contribution in [2.45, 2.75) is 31.4 Å². The molecule has 118 valence electrons. The van der Waals surface area contributed by atoms with Gasteiger partial charge in [-0.1, -0.05) is 23.2 Å². The second kappa shape index (κ2) is 5.41. The van der Waals surface area contributed by atoms with Crippen LogP contribution in [0.2, 0.25) is 10.0 Å².